The summed E-state index contributed by atoms with van der Waals surface area (Å²) in [6, 6.07) is 12.0. The zero-order chi connectivity index (χ0) is 20.9. The summed E-state index contributed by atoms with van der Waals surface area (Å²) in [4.78, 5) is 12.3. The van der Waals surface area contributed by atoms with Crippen LogP contribution in [0.2, 0.25) is 0 Å². The van der Waals surface area contributed by atoms with E-state index in [1.807, 2.05) is 19.9 Å². The van der Waals surface area contributed by atoms with Gasteiger partial charge >= 0.3 is 0 Å². The van der Waals surface area contributed by atoms with Gasteiger partial charge in [0.15, 0.2) is 11.5 Å². The molecular formula is C21H24N2O5S. The molecule has 7 nitrogen and oxygen atoms in total. The van der Waals surface area contributed by atoms with Crippen molar-refractivity contribution in [1.82, 2.24) is 9.62 Å². The van der Waals surface area contributed by atoms with Crippen LogP contribution in [-0.2, 0) is 21.4 Å². The summed E-state index contributed by atoms with van der Waals surface area (Å²) in [5.74, 6) is 1.10. The Morgan fingerprint density at radius 3 is 2.45 bits per heavy atom. The van der Waals surface area contributed by atoms with Gasteiger partial charge in [0, 0.05) is 25.7 Å². The number of rotatable bonds is 8. The number of ether oxygens (including phenoxy) is 2. The molecule has 2 aromatic rings. The lowest BCUT2D eigenvalue weighted by atomic mass is 10.2. The van der Waals surface area contributed by atoms with E-state index >= 15 is 0 Å². The monoisotopic (exact) mass is 416 g/mol. The second kappa shape index (κ2) is 9.11. The Balaban J connectivity index is 1.56. The number of amides is 1. The second-order valence-corrected chi connectivity index (χ2v) is 8.34. The van der Waals surface area contributed by atoms with Gasteiger partial charge in [0.05, 0.1) is 4.90 Å². The molecule has 8 heteroatoms. The number of carbonyl (C=O) groups excluding carboxylic acids is 1. The van der Waals surface area contributed by atoms with Gasteiger partial charge in [-0.2, -0.15) is 4.31 Å². The molecule has 1 N–H and O–H groups in total. The third-order valence-electron chi connectivity index (χ3n) is 4.56. The third kappa shape index (κ3) is 4.96. The highest BCUT2D eigenvalue weighted by Gasteiger charge is 2.21. The molecule has 1 aliphatic heterocycles. The van der Waals surface area contributed by atoms with E-state index in [0.717, 1.165) is 11.1 Å². The van der Waals surface area contributed by atoms with Crippen LogP contribution in [0.15, 0.2) is 53.4 Å². The summed E-state index contributed by atoms with van der Waals surface area (Å²) in [5.41, 5.74) is 1.64. The largest absolute Gasteiger partial charge is 0.454 e. The Kier molecular flexibility index (Phi) is 6.56. The zero-order valence-corrected chi connectivity index (χ0v) is 17.2. The highest BCUT2D eigenvalue weighted by molar-refractivity contribution is 7.89. The Labute approximate surface area is 171 Å². The molecule has 0 fully saturated rings. The first-order valence-corrected chi connectivity index (χ1v) is 10.8. The maximum absolute atomic E-state index is 12.5. The summed E-state index contributed by atoms with van der Waals surface area (Å²) < 4.78 is 37.0. The quantitative estimate of drug-likeness (QED) is 0.669. The fraction of sp³-hybridized carbons (Fsp3) is 0.286. The van der Waals surface area contributed by atoms with Gasteiger partial charge < -0.3 is 14.8 Å². The van der Waals surface area contributed by atoms with Crippen LogP contribution in [0.4, 0.5) is 0 Å². The molecule has 1 aliphatic rings. The SMILES string of the molecule is CCN(CC)S(=O)(=O)c1ccc(CNC(=O)/C=C/c2ccc3c(c2)OCO3)cc1. The fourth-order valence-corrected chi connectivity index (χ4v) is 4.39. The van der Waals surface area contributed by atoms with E-state index < -0.39 is 10.0 Å². The van der Waals surface area contributed by atoms with Crippen molar-refractivity contribution in [2.75, 3.05) is 19.9 Å². The first-order valence-electron chi connectivity index (χ1n) is 9.38. The lowest BCUT2D eigenvalue weighted by Gasteiger charge is -2.18. The number of hydrogen-bond acceptors (Lipinski definition) is 5. The Morgan fingerprint density at radius 1 is 1.07 bits per heavy atom. The van der Waals surface area contributed by atoms with Crippen LogP contribution < -0.4 is 14.8 Å². The molecule has 3 rings (SSSR count). The lowest BCUT2D eigenvalue weighted by Crippen LogP contribution is -2.30. The van der Waals surface area contributed by atoms with Crippen molar-refractivity contribution in [3.05, 3.63) is 59.7 Å². The third-order valence-corrected chi connectivity index (χ3v) is 6.62. The molecule has 0 aromatic heterocycles. The van der Waals surface area contributed by atoms with E-state index in [2.05, 4.69) is 5.32 Å². The average Bonchev–Trinajstić information content (AvgIpc) is 3.19. The summed E-state index contributed by atoms with van der Waals surface area (Å²) >= 11 is 0. The van der Waals surface area contributed by atoms with Crippen LogP contribution in [0.5, 0.6) is 11.5 Å². The van der Waals surface area contributed by atoms with Crippen molar-refractivity contribution < 1.29 is 22.7 Å². The van der Waals surface area contributed by atoms with E-state index in [-0.39, 0.29) is 17.6 Å². The number of hydrogen-bond donors (Lipinski definition) is 1. The van der Waals surface area contributed by atoms with Crippen molar-refractivity contribution in [3.63, 3.8) is 0 Å². The van der Waals surface area contributed by atoms with E-state index in [4.69, 9.17) is 9.47 Å². The molecular weight excluding hydrogens is 392 g/mol. The van der Waals surface area contributed by atoms with Gasteiger partial charge in [-0.3, -0.25) is 4.79 Å². The van der Waals surface area contributed by atoms with Crippen molar-refractivity contribution in [2.45, 2.75) is 25.3 Å². The van der Waals surface area contributed by atoms with E-state index in [0.29, 0.717) is 31.1 Å². The van der Waals surface area contributed by atoms with Gasteiger partial charge in [-0.25, -0.2) is 8.42 Å². The van der Waals surface area contributed by atoms with Crippen molar-refractivity contribution in [1.29, 1.82) is 0 Å². The summed E-state index contributed by atoms with van der Waals surface area (Å²) in [6.07, 6.45) is 3.13. The number of nitrogens with zero attached hydrogens (tertiary/aromatic N) is 1. The van der Waals surface area contributed by atoms with E-state index in [9.17, 15) is 13.2 Å². The molecule has 0 unspecified atom stereocenters. The molecule has 0 saturated carbocycles. The summed E-state index contributed by atoms with van der Waals surface area (Å²) in [6.45, 7) is 4.97. The topological polar surface area (TPSA) is 84.9 Å². The lowest BCUT2D eigenvalue weighted by molar-refractivity contribution is -0.116. The molecule has 0 saturated heterocycles. The molecule has 29 heavy (non-hydrogen) atoms. The van der Waals surface area contributed by atoms with Crippen LogP contribution in [0.3, 0.4) is 0 Å². The van der Waals surface area contributed by atoms with Gasteiger partial charge in [0.2, 0.25) is 22.7 Å². The molecule has 0 radical (unpaired) electrons. The van der Waals surface area contributed by atoms with Gasteiger partial charge in [-0.15, -0.1) is 0 Å². The molecule has 0 bridgehead atoms. The molecule has 0 spiro atoms. The highest BCUT2D eigenvalue weighted by atomic mass is 32.2. The highest BCUT2D eigenvalue weighted by Crippen LogP contribution is 2.32. The predicted octanol–water partition coefficient (Wildman–Crippen LogP) is 2.78. The second-order valence-electron chi connectivity index (χ2n) is 6.40. The number of carbonyl (C=O) groups is 1. The molecule has 0 atom stereocenters. The first-order chi connectivity index (χ1) is 13.9. The van der Waals surface area contributed by atoms with Gasteiger partial charge in [-0.05, 0) is 41.5 Å². The smallest absolute Gasteiger partial charge is 0.244 e. The molecule has 1 amide bonds. The predicted molar refractivity (Wildman–Crippen MR) is 110 cm³/mol. The molecule has 1 heterocycles. The van der Waals surface area contributed by atoms with Crippen LogP contribution in [0, 0.1) is 0 Å². The fourth-order valence-electron chi connectivity index (χ4n) is 2.93. The van der Waals surface area contributed by atoms with E-state index in [1.54, 1.807) is 42.5 Å². The average molecular weight is 416 g/mol. The standard InChI is InChI=1S/C21H24N2O5S/c1-3-23(4-2)29(25,26)18-9-5-17(6-10-18)14-22-21(24)12-8-16-7-11-19-20(13-16)28-15-27-19/h5-13H,3-4,14-15H2,1-2H3,(H,22,24)/b12-8+. The normalized spacial score (nSPS) is 13.2. The zero-order valence-electron chi connectivity index (χ0n) is 16.4. The Morgan fingerprint density at radius 2 is 1.76 bits per heavy atom. The molecule has 2 aromatic carbocycles. The van der Waals surface area contributed by atoms with Crippen molar-refractivity contribution >= 4 is 22.0 Å². The maximum Gasteiger partial charge on any atom is 0.244 e. The summed E-state index contributed by atoms with van der Waals surface area (Å²) in [7, 11) is -3.48. The maximum atomic E-state index is 12.5. The number of sulfonamides is 1. The Hall–Kier alpha value is -2.84. The number of fused-ring (bicyclic) bond motifs is 1. The minimum absolute atomic E-state index is 0.206. The van der Waals surface area contributed by atoms with Gasteiger partial charge in [0.1, 0.15) is 0 Å². The Bertz CT molecular complexity index is 996. The minimum Gasteiger partial charge on any atom is -0.454 e. The van der Waals surface area contributed by atoms with Crippen molar-refractivity contribution in [3.8, 4) is 11.5 Å². The van der Waals surface area contributed by atoms with Crippen LogP contribution in [-0.4, -0.2) is 38.5 Å². The van der Waals surface area contributed by atoms with Gasteiger partial charge in [-0.1, -0.05) is 32.0 Å². The molecule has 0 aliphatic carbocycles. The van der Waals surface area contributed by atoms with E-state index in [1.165, 1.54) is 10.4 Å². The van der Waals surface area contributed by atoms with Crippen LogP contribution in [0.1, 0.15) is 25.0 Å². The minimum atomic E-state index is -3.48. The number of benzene rings is 2. The van der Waals surface area contributed by atoms with Gasteiger partial charge in [0.25, 0.3) is 0 Å². The number of nitrogens with one attached hydrogen (secondary N) is 1. The first kappa shape index (κ1) is 20.9. The van der Waals surface area contributed by atoms with Crippen LogP contribution in [0.25, 0.3) is 6.08 Å². The van der Waals surface area contributed by atoms with Crippen LogP contribution >= 0.6 is 0 Å². The summed E-state index contributed by atoms with van der Waals surface area (Å²) in [5, 5.41) is 2.78. The van der Waals surface area contributed by atoms with Crippen molar-refractivity contribution in [2.24, 2.45) is 0 Å². The molecule has 154 valence electrons.